The fraction of sp³-hybridized carbons (Fsp3) is 0.714. The van der Waals surface area contributed by atoms with Crippen molar-refractivity contribution in [2.45, 2.75) is 58.4 Å². The quantitative estimate of drug-likeness (QED) is 0.210. The maximum atomic E-state index is 11.5. The van der Waals surface area contributed by atoms with Gasteiger partial charge >= 0.3 is 23.9 Å². The molecule has 0 bridgehead atoms. The monoisotopic (exact) mass is 373 g/mol. The van der Waals surface area contributed by atoms with E-state index in [1.807, 2.05) is 0 Å². The number of carbonyl (C=O) groups is 4. The Morgan fingerprint density at radius 2 is 1.31 bits per heavy atom. The predicted octanol–water partition coefficient (Wildman–Crippen LogP) is 0.380. The maximum Gasteiger partial charge on any atom is 0.305 e. The summed E-state index contributed by atoms with van der Waals surface area (Å²) < 4.78 is 25.8. The number of ether oxygens (including phenoxy) is 5. The van der Waals surface area contributed by atoms with Crippen molar-refractivity contribution >= 4 is 23.9 Å². The summed E-state index contributed by atoms with van der Waals surface area (Å²) in [5.74, 6) is -3.05. The molecule has 26 heavy (non-hydrogen) atoms. The van der Waals surface area contributed by atoms with Gasteiger partial charge in [0.05, 0.1) is 6.54 Å². The van der Waals surface area contributed by atoms with Gasteiger partial charge in [-0.05, 0) is 5.53 Å². The number of nitrogens with zero attached hydrogens (tertiary/aromatic N) is 3. The van der Waals surface area contributed by atoms with E-state index >= 15 is 0 Å². The first-order valence-corrected chi connectivity index (χ1v) is 7.51. The Labute approximate surface area is 148 Å². The minimum absolute atomic E-state index is 0.323. The van der Waals surface area contributed by atoms with Gasteiger partial charge in [0.1, 0.15) is 6.10 Å². The lowest BCUT2D eigenvalue weighted by molar-refractivity contribution is -0.293. The molecule has 0 radical (unpaired) electrons. The fourth-order valence-electron chi connectivity index (χ4n) is 2.38. The summed E-state index contributed by atoms with van der Waals surface area (Å²) in [7, 11) is 0. The van der Waals surface area contributed by atoms with Crippen molar-refractivity contribution in [2.24, 2.45) is 5.11 Å². The standard InChI is InChI=1S/C14H19N3O9/c1-6(18)22-11-10(5-16-17-15)26-14(25-9(4)21)13(24-8(3)20)12(11)23-7(2)19/h10-14H,5H2,1-4H3/t10-,11+,12-,13+,14-/m0/s1. The predicted molar refractivity (Wildman–Crippen MR) is 81.1 cm³/mol. The molecule has 0 N–H and O–H groups in total. The van der Waals surface area contributed by atoms with E-state index in [1.165, 1.54) is 0 Å². The van der Waals surface area contributed by atoms with Crippen LogP contribution in [0.4, 0.5) is 0 Å². The Hall–Kier alpha value is -2.85. The summed E-state index contributed by atoms with van der Waals surface area (Å²) in [4.78, 5) is 48.3. The zero-order chi connectivity index (χ0) is 19.9. The number of rotatable bonds is 6. The second kappa shape index (κ2) is 9.59. The van der Waals surface area contributed by atoms with Crippen molar-refractivity contribution in [3.05, 3.63) is 10.4 Å². The zero-order valence-electron chi connectivity index (χ0n) is 14.6. The highest BCUT2D eigenvalue weighted by molar-refractivity contribution is 5.69. The summed E-state index contributed by atoms with van der Waals surface area (Å²) in [5, 5.41) is 3.34. The molecule has 0 amide bonds. The molecular weight excluding hydrogens is 354 g/mol. The summed E-state index contributed by atoms with van der Waals surface area (Å²) >= 11 is 0. The van der Waals surface area contributed by atoms with E-state index in [9.17, 15) is 19.2 Å². The van der Waals surface area contributed by atoms with Crippen LogP contribution in [-0.4, -0.2) is 61.1 Å². The molecular formula is C14H19N3O9. The Morgan fingerprint density at radius 1 is 0.846 bits per heavy atom. The van der Waals surface area contributed by atoms with Crippen LogP contribution in [0.15, 0.2) is 5.11 Å². The first-order valence-electron chi connectivity index (χ1n) is 7.51. The number of esters is 4. The van der Waals surface area contributed by atoms with E-state index < -0.39 is 54.6 Å². The van der Waals surface area contributed by atoms with Crippen molar-refractivity contribution in [2.75, 3.05) is 6.54 Å². The first-order chi connectivity index (χ1) is 12.1. The van der Waals surface area contributed by atoms with Crippen LogP contribution >= 0.6 is 0 Å². The highest BCUT2D eigenvalue weighted by atomic mass is 16.7. The lowest BCUT2D eigenvalue weighted by Crippen LogP contribution is -2.62. The molecule has 1 aliphatic heterocycles. The molecule has 5 atom stereocenters. The lowest BCUT2D eigenvalue weighted by Gasteiger charge is -2.43. The van der Waals surface area contributed by atoms with Gasteiger partial charge in [0.2, 0.25) is 12.4 Å². The molecule has 0 saturated carbocycles. The maximum absolute atomic E-state index is 11.5. The Morgan fingerprint density at radius 3 is 1.77 bits per heavy atom. The second-order valence-electron chi connectivity index (χ2n) is 5.29. The van der Waals surface area contributed by atoms with E-state index in [4.69, 9.17) is 29.2 Å². The Kier molecular flexibility index (Phi) is 7.81. The van der Waals surface area contributed by atoms with E-state index in [2.05, 4.69) is 10.0 Å². The number of hydrogen-bond donors (Lipinski definition) is 0. The summed E-state index contributed by atoms with van der Waals surface area (Å²) in [6, 6.07) is 0. The van der Waals surface area contributed by atoms with Crippen LogP contribution in [-0.2, 0) is 42.9 Å². The summed E-state index contributed by atoms with van der Waals surface area (Å²) in [6.45, 7) is 4.05. The molecule has 0 aliphatic carbocycles. The topological polar surface area (TPSA) is 163 Å². The molecule has 1 heterocycles. The Bertz CT molecular complexity index is 587. The van der Waals surface area contributed by atoms with E-state index in [-0.39, 0.29) is 6.54 Å². The molecule has 12 heteroatoms. The SMILES string of the molecule is CC(=O)O[C@H]1O[C@@H](CN=[N+]=[N-])[C@@H](OC(C)=O)[C@H](OC(C)=O)[C@H]1OC(C)=O. The summed E-state index contributed by atoms with van der Waals surface area (Å²) in [5.41, 5.74) is 8.51. The molecule has 0 aromatic carbocycles. The number of azide groups is 1. The van der Waals surface area contributed by atoms with Crippen LogP contribution in [0.25, 0.3) is 10.4 Å². The first kappa shape index (κ1) is 21.2. The average Bonchev–Trinajstić information content (AvgIpc) is 2.49. The van der Waals surface area contributed by atoms with Crippen molar-refractivity contribution < 1.29 is 42.9 Å². The summed E-state index contributed by atoms with van der Waals surface area (Å²) in [6.07, 6.45) is -6.59. The fourth-order valence-corrected chi connectivity index (χ4v) is 2.38. The lowest BCUT2D eigenvalue weighted by atomic mass is 9.97. The van der Waals surface area contributed by atoms with Gasteiger partial charge in [-0.3, -0.25) is 19.2 Å². The number of carbonyl (C=O) groups excluding carboxylic acids is 4. The van der Waals surface area contributed by atoms with E-state index in [0.29, 0.717) is 0 Å². The molecule has 144 valence electrons. The van der Waals surface area contributed by atoms with Gasteiger partial charge in [0.25, 0.3) is 0 Å². The van der Waals surface area contributed by atoms with Gasteiger partial charge in [-0.15, -0.1) is 0 Å². The van der Waals surface area contributed by atoms with Gasteiger partial charge in [0.15, 0.2) is 12.2 Å². The van der Waals surface area contributed by atoms with Crippen LogP contribution in [0.2, 0.25) is 0 Å². The Balaban J connectivity index is 3.32. The van der Waals surface area contributed by atoms with Crippen LogP contribution in [0.1, 0.15) is 27.7 Å². The highest BCUT2D eigenvalue weighted by Gasteiger charge is 2.52. The van der Waals surface area contributed by atoms with Gasteiger partial charge < -0.3 is 23.7 Å². The minimum Gasteiger partial charge on any atom is -0.456 e. The van der Waals surface area contributed by atoms with Crippen LogP contribution in [0.5, 0.6) is 0 Å². The van der Waals surface area contributed by atoms with Gasteiger partial charge in [-0.25, -0.2) is 0 Å². The third kappa shape index (κ3) is 6.22. The molecule has 0 unspecified atom stereocenters. The minimum atomic E-state index is -1.47. The molecule has 0 aromatic heterocycles. The number of hydrogen-bond acceptors (Lipinski definition) is 10. The van der Waals surface area contributed by atoms with E-state index in [1.54, 1.807) is 0 Å². The molecule has 1 fully saturated rings. The van der Waals surface area contributed by atoms with E-state index in [0.717, 1.165) is 27.7 Å². The van der Waals surface area contributed by atoms with Crippen LogP contribution in [0, 0.1) is 0 Å². The average molecular weight is 373 g/mol. The third-order valence-electron chi connectivity index (χ3n) is 3.10. The normalized spacial score (nSPS) is 27.5. The molecule has 12 nitrogen and oxygen atoms in total. The van der Waals surface area contributed by atoms with Gasteiger partial charge in [-0.1, -0.05) is 5.11 Å². The highest BCUT2D eigenvalue weighted by Crippen LogP contribution is 2.29. The van der Waals surface area contributed by atoms with Crippen molar-refractivity contribution in [1.82, 2.24) is 0 Å². The molecule has 1 saturated heterocycles. The van der Waals surface area contributed by atoms with Crippen molar-refractivity contribution in [3.8, 4) is 0 Å². The van der Waals surface area contributed by atoms with Crippen molar-refractivity contribution in [3.63, 3.8) is 0 Å². The van der Waals surface area contributed by atoms with Gasteiger partial charge in [-0.2, -0.15) is 0 Å². The molecule has 1 rings (SSSR count). The smallest absolute Gasteiger partial charge is 0.305 e. The molecule has 0 aromatic rings. The van der Waals surface area contributed by atoms with Crippen LogP contribution < -0.4 is 0 Å². The molecule has 0 spiro atoms. The largest absolute Gasteiger partial charge is 0.456 e. The molecule has 1 aliphatic rings. The van der Waals surface area contributed by atoms with Gasteiger partial charge in [0, 0.05) is 32.6 Å². The third-order valence-corrected chi connectivity index (χ3v) is 3.10. The van der Waals surface area contributed by atoms with Crippen LogP contribution in [0.3, 0.4) is 0 Å². The second-order valence-corrected chi connectivity index (χ2v) is 5.29. The zero-order valence-corrected chi connectivity index (χ0v) is 14.6. The van der Waals surface area contributed by atoms with Crippen molar-refractivity contribution in [1.29, 1.82) is 0 Å².